The van der Waals surface area contributed by atoms with E-state index in [4.69, 9.17) is 10.5 Å². The lowest BCUT2D eigenvalue weighted by Gasteiger charge is -2.08. The number of aryl methyl sites for hydroxylation is 2. The van der Waals surface area contributed by atoms with Crippen LogP contribution in [-0.2, 0) is 11.8 Å². The summed E-state index contributed by atoms with van der Waals surface area (Å²) >= 11 is 0. The van der Waals surface area contributed by atoms with E-state index < -0.39 is 0 Å². The summed E-state index contributed by atoms with van der Waals surface area (Å²) in [7, 11) is 1.72. The van der Waals surface area contributed by atoms with Gasteiger partial charge >= 0.3 is 0 Å². The number of amides is 1. The van der Waals surface area contributed by atoms with Crippen molar-refractivity contribution in [2.24, 2.45) is 7.05 Å². The molecule has 20 heavy (non-hydrogen) atoms. The third-order valence-electron chi connectivity index (χ3n) is 2.81. The van der Waals surface area contributed by atoms with Crippen molar-refractivity contribution in [3.8, 4) is 5.75 Å². The second-order valence-electron chi connectivity index (χ2n) is 4.54. The highest BCUT2D eigenvalue weighted by Crippen LogP contribution is 2.16. The average Bonchev–Trinajstić information content (AvgIpc) is 2.71. The van der Waals surface area contributed by atoms with Crippen LogP contribution in [0.25, 0.3) is 0 Å². The number of hydrogen-bond donors (Lipinski definition) is 2. The third kappa shape index (κ3) is 3.50. The van der Waals surface area contributed by atoms with Crippen molar-refractivity contribution in [2.45, 2.75) is 13.3 Å². The molecule has 0 spiro atoms. The minimum atomic E-state index is -0.159. The Hall–Kier alpha value is -2.50. The average molecular weight is 274 g/mol. The summed E-state index contributed by atoms with van der Waals surface area (Å²) in [5.41, 5.74) is 7.26. The molecule has 1 amide bonds. The van der Waals surface area contributed by atoms with Crippen molar-refractivity contribution in [1.29, 1.82) is 0 Å². The van der Waals surface area contributed by atoms with Gasteiger partial charge < -0.3 is 15.8 Å². The molecule has 106 valence electrons. The fourth-order valence-corrected chi connectivity index (χ4v) is 1.77. The number of ether oxygens (including phenoxy) is 1. The van der Waals surface area contributed by atoms with Crippen LogP contribution in [-0.4, -0.2) is 22.3 Å². The molecule has 1 aromatic carbocycles. The van der Waals surface area contributed by atoms with Crippen molar-refractivity contribution in [1.82, 2.24) is 9.78 Å². The van der Waals surface area contributed by atoms with Crippen molar-refractivity contribution in [3.63, 3.8) is 0 Å². The molecule has 6 heteroatoms. The number of carbonyl (C=O) groups excluding carboxylic acids is 1. The smallest absolute Gasteiger partial charge is 0.229 e. The number of benzene rings is 1. The Morgan fingerprint density at radius 1 is 1.50 bits per heavy atom. The van der Waals surface area contributed by atoms with Gasteiger partial charge in [-0.3, -0.25) is 9.48 Å². The van der Waals surface area contributed by atoms with Gasteiger partial charge in [-0.05, 0) is 24.6 Å². The van der Waals surface area contributed by atoms with Crippen molar-refractivity contribution >= 4 is 17.4 Å². The zero-order chi connectivity index (χ0) is 14.5. The standard InChI is InChI=1S/C14H18N4O2/c1-10-4-3-5-11(8-10)20-7-6-13(19)17-14-12(15)9-16-18(14)2/h3-5,8-9H,6-7,15H2,1-2H3,(H,17,19). The number of aromatic nitrogens is 2. The highest BCUT2D eigenvalue weighted by atomic mass is 16.5. The van der Waals surface area contributed by atoms with E-state index in [1.165, 1.54) is 10.9 Å². The van der Waals surface area contributed by atoms with E-state index in [0.29, 0.717) is 18.1 Å². The van der Waals surface area contributed by atoms with Gasteiger partial charge in [0.1, 0.15) is 5.75 Å². The van der Waals surface area contributed by atoms with E-state index >= 15 is 0 Å². The molecule has 6 nitrogen and oxygen atoms in total. The zero-order valence-corrected chi connectivity index (χ0v) is 11.6. The van der Waals surface area contributed by atoms with Crippen LogP contribution >= 0.6 is 0 Å². The number of nitrogens with one attached hydrogen (secondary N) is 1. The molecule has 0 unspecified atom stereocenters. The molecule has 1 aromatic heterocycles. The largest absolute Gasteiger partial charge is 0.493 e. The lowest BCUT2D eigenvalue weighted by atomic mass is 10.2. The second kappa shape index (κ2) is 6.10. The van der Waals surface area contributed by atoms with Crippen LogP contribution in [0.2, 0.25) is 0 Å². The van der Waals surface area contributed by atoms with Gasteiger partial charge in [-0.25, -0.2) is 0 Å². The van der Waals surface area contributed by atoms with Crippen molar-refractivity contribution in [3.05, 3.63) is 36.0 Å². The Kier molecular flexibility index (Phi) is 4.24. The third-order valence-corrected chi connectivity index (χ3v) is 2.81. The quantitative estimate of drug-likeness (QED) is 0.869. The molecular formula is C14H18N4O2. The maximum atomic E-state index is 11.8. The first kappa shape index (κ1) is 13.9. The summed E-state index contributed by atoms with van der Waals surface area (Å²) in [6.07, 6.45) is 1.75. The minimum Gasteiger partial charge on any atom is -0.493 e. The molecule has 3 N–H and O–H groups in total. The van der Waals surface area contributed by atoms with E-state index in [9.17, 15) is 4.79 Å². The molecule has 2 aromatic rings. The number of nitrogens with zero attached hydrogens (tertiary/aromatic N) is 2. The highest BCUT2D eigenvalue weighted by molar-refractivity contribution is 5.92. The molecule has 0 aliphatic heterocycles. The lowest BCUT2D eigenvalue weighted by molar-refractivity contribution is -0.116. The van der Waals surface area contributed by atoms with Gasteiger partial charge in [-0.1, -0.05) is 12.1 Å². The Labute approximate surface area is 117 Å². The Morgan fingerprint density at radius 3 is 2.95 bits per heavy atom. The molecule has 1 heterocycles. The summed E-state index contributed by atoms with van der Waals surface area (Å²) in [6.45, 7) is 2.30. The SMILES string of the molecule is Cc1cccc(OCCC(=O)Nc2c(N)cnn2C)c1. The first-order chi connectivity index (χ1) is 9.56. The zero-order valence-electron chi connectivity index (χ0n) is 11.6. The number of nitrogen functional groups attached to an aromatic ring is 1. The summed E-state index contributed by atoms with van der Waals surface area (Å²) in [5, 5.41) is 6.67. The predicted molar refractivity (Wildman–Crippen MR) is 77.5 cm³/mol. The van der Waals surface area contributed by atoms with E-state index in [1.807, 2.05) is 31.2 Å². The fraction of sp³-hybridized carbons (Fsp3) is 0.286. The van der Waals surface area contributed by atoms with Crippen LogP contribution < -0.4 is 15.8 Å². The molecular weight excluding hydrogens is 256 g/mol. The van der Waals surface area contributed by atoms with Crippen LogP contribution in [0.15, 0.2) is 30.5 Å². The molecule has 0 aliphatic rings. The van der Waals surface area contributed by atoms with E-state index in [1.54, 1.807) is 7.05 Å². The molecule has 0 saturated carbocycles. The van der Waals surface area contributed by atoms with Crippen LogP contribution in [0.3, 0.4) is 0 Å². The summed E-state index contributed by atoms with van der Waals surface area (Å²) in [6, 6.07) is 7.70. The van der Waals surface area contributed by atoms with Crippen molar-refractivity contribution < 1.29 is 9.53 Å². The molecule has 0 bridgehead atoms. The van der Waals surface area contributed by atoms with Gasteiger partial charge in [-0.15, -0.1) is 0 Å². The normalized spacial score (nSPS) is 10.3. The molecule has 2 rings (SSSR count). The molecule has 0 fully saturated rings. The Morgan fingerprint density at radius 2 is 2.30 bits per heavy atom. The Balaban J connectivity index is 1.81. The fourth-order valence-electron chi connectivity index (χ4n) is 1.77. The maximum absolute atomic E-state index is 11.8. The van der Waals surface area contributed by atoms with E-state index in [2.05, 4.69) is 10.4 Å². The summed E-state index contributed by atoms with van der Waals surface area (Å²) in [5.74, 6) is 1.11. The van der Waals surface area contributed by atoms with Crippen LogP contribution in [0, 0.1) is 6.92 Å². The molecule has 0 saturated heterocycles. The van der Waals surface area contributed by atoms with Crippen LogP contribution in [0.4, 0.5) is 11.5 Å². The summed E-state index contributed by atoms with van der Waals surface area (Å²) < 4.78 is 7.05. The number of carbonyl (C=O) groups is 1. The minimum absolute atomic E-state index is 0.159. The van der Waals surface area contributed by atoms with Gasteiger partial charge in [0.05, 0.1) is 24.9 Å². The first-order valence-electron chi connectivity index (χ1n) is 6.33. The van der Waals surface area contributed by atoms with Crippen LogP contribution in [0.1, 0.15) is 12.0 Å². The topological polar surface area (TPSA) is 82.2 Å². The number of hydrogen-bond acceptors (Lipinski definition) is 4. The van der Waals surface area contributed by atoms with Gasteiger partial charge in [0, 0.05) is 7.05 Å². The number of anilines is 2. The Bertz CT molecular complexity index is 587. The highest BCUT2D eigenvalue weighted by Gasteiger charge is 2.09. The van der Waals surface area contributed by atoms with Crippen molar-refractivity contribution in [2.75, 3.05) is 17.7 Å². The summed E-state index contributed by atoms with van der Waals surface area (Å²) in [4.78, 5) is 11.8. The monoisotopic (exact) mass is 274 g/mol. The van der Waals surface area contributed by atoms with Gasteiger partial charge in [0.25, 0.3) is 0 Å². The predicted octanol–water partition coefficient (Wildman–Crippen LogP) is 1.72. The lowest BCUT2D eigenvalue weighted by Crippen LogP contribution is -2.18. The second-order valence-corrected chi connectivity index (χ2v) is 4.54. The van der Waals surface area contributed by atoms with Crippen LogP contribution in [0.5, 0.6) is 5.75 Å². The maximum Gasteiger partial charge on any atom is 0.229 e. The molecule has 0 aliphatic carbocycles. The van der Waals surface area contributed by atoms with Gasteiger partial charge in [-0.2, -0.15) is 5.10 Å². The first-order valence-corrected chi connectivity index (χ1v) is 6.33. The molecule has 0 radical (unpaired) electrons. The van der Waals surface area contributed by atoms with Gasteiger partial charge in [0.15, 0.2) is 5.82 Å². The van der Waals surface area contributed by atoms with Gasteiger partial charge in [0.2, 0.25) is 5.91 Å². The number of rotatable bonds is 5. The number of nitrogens with two attached hydrogens (primary N) is 1. The van der Waals surface area contributed by atoms with E-state index in [-0.39, 0.29) is 12.3 Å². The van der Waals surface area contributed by atoms with E-state index in [0.717, 1.165) is 11.3 Å². The molecule has 0 atom stereocenters.